The zero-order chi connectivity index (χ0) is 35.9. The van der Waals surface area contributed by atoms with Crippen LogP contribution in [0.4, 0.5) is 26.3 Å². The van der Waals surface area contributed by atoms with E-state index in [0.717, 1.165) is 10.8 Å². The smallest absolute Gasteiger partial charge is 0.422 e. The molecule has 5 aromatic rings. The van der Waals surface area contributed by atoms with Crippen LogP contribution in [0.1, 0.15) is 16.7 Å². The Labute approximate surface area is 283 Å². The number of fused-ring (bicyclic) bond motifs is 2. The lowest BCUT2D eigenvalue weighted by Crippen LogP contribution is -2.32. The van der Waals surface area contributed by atoms with Gasteiger partial charge >= 0.3 is 12.4 Å². The largest absolute Gasteiger partial charge is 0.483 e. The molecule has 0 atom stereocenters. The number of H-pyrrole nitrogens is 1. The Bertz CT molecular complexity index is 2250. The average molecular weight is 751 g/mol. The quantitative estimate of drug-likeness (QED) is 0.146. The van der Waals surface area contributed by atoms with Crippen molar-refractivity contribution in [2.24, 2.45) is 0 Å². The van der Waals surface area contributed by atoms with Gasteiger partial charge in [-0.3, -0.25) is 18.9 Å². The predicted octanol–water partition coefficient (Wildman–Crippen LogP) is 7.16. The number of aromatic amines is 1. The molecule has 2 N–H and O–H groups in total. The standard InChI is InChI=1S/C31H23Cl2F6N3O6S/c1-16-10-17(13-49(45,46)41-23(43)11-18-4-2-6-21(32)25(18)33)7-8-22(16)42-12-20-24(29(42)44)27(47-14-30(34,35)36)19-5-3-9-40-26(19)28(20)48-15-31(37,38)39/h2-10,12,40H,11,13-15H2,1H3,(H,41,43). The molecule has 0 saturated carbocycles. The Balaban J connectivity index is 1.52. The van der Waals surface area contributed by atoms with Crippen LogP contribution in [0.2, 0.25) is 10.0 Å². The number of carbonyl (C=O) groups is 1. The van der Waals surface area contributed by atoms with Crippen molar-refractivity contribution in [3.63, 3.8) is 0 Å². The number of halogens is 8. The second-order valence-corrected chi connectivity index (χ2v) is 13.3. The number of alkyl halides is 6. The third kappa shape index (κ3) is 8.25. The summed E-state index contributed by atoms with van der Waals surface area (Å²) in [7, 11) is -4.23. The highest BCUT2D eigenvalue weighted by molar-refractivity contribution is 7.89. The van der Waals surface area contributed by atoms with E-state index in [4.69, 9.17) is 32.7 Å². The number of nitrogens with one attached hydrogen (secondary N) is 2. The Hall–Kier alpha value is -4.41. The molecule has 49 heavy (non-hydrogen) atoms. The Morgan fingerprint density at radius 1 is 0.939 bits per heavy atom. The van der Waals surface area contributed by atoms with E-state index in [9.17, 15) is 44.3 Å². The molecule has 260 valence electrons. The first-order valence-corrected chi connectivity index (χ1v) is 16.4. The molecule has 5 rings (SSSR count). The molecule has 1 amide bonds. The number of hydrogen-bond acceptors (Lipinski definition) is 6. The van der Waals surface area contributed by atoms with Crippen LogP contribution < -0.4 is 19.8 Å². The second kappa shape index (κ2) is 13.5. The molecular formula is C31H23Cl2F6N3O6S. The molecule has 9 nitrogen and oxygen atoms in total. The van der Waals surface area contributed by atoms with Crippen LogP contribution in [0.25, 0.3) is 27.4 Å². The van der Waals surface area contributed by atoms with Crippen LogP contribution >= 0.6 is 23.2 Å². The molecule has 2 aromatic heterocycles. The highest BCUT2D eigenvalue weighted by atomic mass is 35.5. The Morgan fingerprint density at radius 3 is 2.27 bits per heavy atom. The van der Waals surface area contributed by atoms with Crippen molar-refractivity contribution in [3.8, 4) is 17.2 Å². The van der Waals surface area contributed by atoms with Crippen molar-refractivity contribution in [1.82, 2.24) is 14.3 Å². The minimum absolute atomic E-state index is 0.0997. The predicted molar refractivity (Wildman–Crippen MR) is 170 cm³/mol. The maximum Gasteiger partial charge on any atom is 0.422 e. The van der Waals surface area contributed by atoms with Crippen LogP contribution in [-0.4, -0.2) is 49.4 Å². The van der Waals surface area contributed by atoms with E-state index in [2.05, 4.69) is 4.98 Å². The molecule has 0 aliphatic rings. The monoisotopic (exact) mass is 749 g/mol. The Kier molecular flexibility index (Phi) is 9.87. The molecule has 0 spiro atoms. The van der Waals surface area contributed by atoms with Gasteiger partial charge in [-0.25, -0.2) is 8.42 Å². The summed E-state index contributed by atoms with van der Waals surface area (Å²) < 4.78 is 118. The molecule has 0 bridgehead atoms. The van der Waals surface area contributed by atoms with E-state index in [1.165, 1.54) is 55.6 Å². The number of nitrogens with zero attached hydrogens (tertiary/aromatic N) is 1. The van der Waals surface area contributed by atoms with Crippen molar-refractivity contribution < 1.29 is 49.0 Å². The molecule has 0 aliphatic heterocycles. The molecule has 0 aliphatic carbocycles. The highest BCUT2D eigenvalue weighted by Gasteiger charge is 2.33. The van der Waals surface area contributed by atoms with Crippen LogP contribution in [0.3, 0.4) is 0 Å². The number of aryl methyl sites for hydroxylation is 1. The van der Waals surface area contributed by atoms with E-state index >= 15 is 0 Å². The molecule has 0 saturated heterocycles. The van der Waals surface area contributed by atoms with Gasteiger partial charge < -0.3 is 14.5 Å². The first-order chi connectivity index (χ1) is 22.8. The molecule has 0 radical (unpaired) electrons. The van der Waals surface area contributed by atoms with Gasteiger partial charge in [0.15, 0.2) is 19.0 Å². The number of pyridine rings is 1. The van der Waals surface area contributed by atoms with Crippen molar-refractivity contribution in [3.05, 3.63) is 98.0 Å². The number of sulfonamides is 1. The Morgan fingerprint density at radius 2 is 1.61 bits per heavy atom. The van der Waals surface area contributed by atoms with Gasteiger partial charge in [-0.05, 0) is 47.9 Å². The SMILES string of the molecule is Cc1cc(CS(=O)(=O)NC(=O)Cc2cccc(Cl)c2Cl)ccc1-n1cc2c(OCC(F)(F)F)c3[nH]cccc3c(OCC(F)(F)F)c2c1=O. The fourth-order valence-corrected chi connectivity index (χ4v) is 6.65. The summed E-state index contributed by atoms with van der Waals surface area (Å²) in [6, 6.07) is 11.2. The van der Waals surface area contributed by atoms with E-state index in [1.807, 2.05) is 4.72 Å². The fraction of sp³-hybridized carbons (Fsp3) is 0.226. The van der Waals surface area contributed by atoms with Gasteiger partial charge in [0.1, 0.15) is 5.75 Å². The van der Waals surface area contributed by atoms with Gasteiger partial charge in [-0.15, -0.1) is 0 Å². The van der Waals surface area contributed by atoms with Crippen molar-refractivity contribution >= 4 is 60.8 Å². The highest BCUT2D eigenvalue weighted by Crippen LogP contribution is 2.42. The van der Waals surface area contributed by atoms with Crippen molar-refractivity contribution in [2.45, 2.75) is 31.5 Å². The zero-order valence-electron chi connectivity index (χ0n) is 24.9. The summed E-state index contributed by atoms with van der Waals surface area (Å²) in [5.41, 5.74) is -0.169. The van der Waals surface area contributed by atoms with E-state index in [1.54, 1.807) is 6.07 Å². The minimum atomic E-state index is -4.82. The third-order valence-corrected chi connectivity index (χ3v) is 9.16. The second-order valence-electron chi connectivity index (χ2n) is 10.8. The van der Waals surface area contributed by atoms with E-state index in [-0.39, 0.29) is 44.0 Å². The van der Waals surface area contributed by atoms with Gasteiger partial charge in [0.2, 0.25) is 15.9 Å². The first kappa shape index (κ1) is 35.9. The molecule has 18 heteroatoms. The summed E-state index contributed by atoms with van der Waals surface area (Å²) >= 11 is 12.0. The van der Waals surface area contributed by atoms with E-state index < -0.39 is 69.7 Å². The van der Waals surface area contributed by atoms with Crippen molar-refractivity contribution in [2.75, 3.05) is 13.2 Å². The van der Waals surface area contributed by atoms with Gasteiger partial charge in [-0.2, -0.15) is 26.3 Å². The average Bonchev–Trinajstić information content (AvgIpc) is 3.32. The summed E-state index contributed by atoms with van der Waals surface area (Å²) in [6.07, 6.45) is -7.58. The van der Waals surface area contributed by atoms with Gasteiger partial charge in [0, 0.05) is 17.8 Å². The summed E-state index contributed by atoms with van der Waals surface area (Å²) in [5.74, 6) is -2.51. The van der Waals surface area contributed by atoms with Crippen molar-refractivity contribution in [1.29, 1.82) is 0 Å². The summed E-state index contributed by atoms with van der Waals surface area (Å²) in [5, 5.41) is -0.591. The molecule has 3 aromatic carbocycles. The molecule has 0 fully saturated rings. The number of carbonyl (C=O) groups excluding carboxylic acids is 1. The zero-order valence-corrected chi connectivity index (χ0v) is 27.3. The van der Waals surface area contributed by atoms with Crippen LogP contribution in [0.5, 0.6) is 11.5 Å². The number of hydrogen-bond donors (Lipinski definition) is 2. The summed E-state index contributed by atoms with van der Waals surface area (Å²) in [6.45, 7) is -2.07. The summed E-state index contributed by atoms with van der Waals surface area (Å²) in [4.78, 5) is 28.9. The molecule has 2 heterocycles. The molecule has 0 unspecified atom stereocenters. The third-order valence-electron chi connectivity index (χ3n) is 7.05. The van der Waals surface area contributed by atoms with Crippen LogP contribution in [0.15, 0.2) is 65.7 Å². The minimum Gasteiger partial charge on any atom is -0.483 e. The van der Waals surface area contributed by atoms with Crippen LogP contribution in [-0.2, 0) is 27.0 Å². The van der Waals surface area contributed by atoms with Crippen LogP contribution in [0, 0.1) is 6.92 Å². The normalized spacial score (nSPS) is 12.4. The first-order valence-electron chi connectivity index (χ1n) is 14.0. The van der Waals surface area contributed by atoms with Gasteiger partial charge in [0.05, 0.1) is 44.2 Å². The van der Waals surface area contributed by atoms with Gasteiger partial charge in [-0.1, -0.05) is 47.5 Å². The maximum atomic E-state index is 13.8. The number of benzene rings is 3. The number of ether oxygens (including phenoxy) is 2. The fourth-order valence-electron chi connectivity index (χ4n) is 5.15. The van der Waals surface area contributed by atoms with Gasteiger partial charge in [0.25, 0.3) is 5.56 Å². The lowest BCUT2D eigenvalue weighted by Gasteiger charge is -2.16. The lowest BCUT2D eigenvalue weighted by atomic mass is 10.1. The topological polar surface area (TPSA) is 119 Å². The van der Waals surface area contributed by atoms with E-state index in [0.29, 0.717) is 11.1 Å². The lowest BCUT2D eigenvalue weighted by molar-refractivity contribution is -0.154. The number of amides is 1. The molecular weight excluding hydrogens is 727 g/mol. The number of aromatic nitrogens is 2. The maximum absolute atomic E-state index is 13.8. The number of rotatable bonds is 10.